The lowest BCUT2D eigenvalue weighted by molar-refractivity contribution is -0.352. The molecule has 1 saturated carbocycles. The molecule has 1 N–H and O–H groups in total. The van der Waals surface area contributed by atoms with E-state index in [1.165, 1.54) is 0 Å². The number of nitrogens with one attached hydrogen (secondary N) is 1. The minimum atomic E-state index is -4.68. The largest absolute Gasteiger partial charge is 0.522 e. The average Bonchev–Trinajstić information content (AvgIpc) is 3.24. The van der Waals surface area contributed by atoms with Crippen molar-refractivity contribution in [1.82, 2.24) is 20.5 Å². The summed E-state index contributed by atoms with van der Waals surface area (Å²) in [4.78, 5) is 15.3. The molecule has 2 aromatic rings. The van der Waals surface area contributed by atoms with Gasteiger partial charge in [0.15, 0.2) is 6.61 Å². The zero-order valence-electron chi connectivity index (χ0n) is 17.9. The zero-order valence-corrected chi connectivity index (χ0v) is 17.9. The number of nitrogens with zero attached hydrogens (tertiary/aromatic N) is 3. The van der Waals surface area contributed by atoms with Gasteiger partial charge in [0, 0.05) is 5.92 Å². The van der Waals surface area contributed by atoms with Gasteiger partial charge in [0.2, 0.25) is 11.8 Å². The summed E-state index contributed by atoms with van der Waals surface area (Å²) in [6.45, 7) is -0.276. The number of hydrogen-bond acceptors (Lipinski definition) is 8. The van der Waals surface area contributed by atoms with E-state index in [0.717, 1.165) is 18.3 Å². The van der Waals surface area contributed by atoms with E-state index in [1.807, 2.05) is 0 Å². The maximum Gasteiger partial charge on any atom is 0.522 e. The monoisotopic (exact) mass is 510 g/mol. The zero-order chi connectivity index (χ0) is 25.2. The van der Waals surface area contributed by atoms with Crippen molar-refractivity contribution in [1.29, 1.82) is 0 Å². The molecule has 2 atom stereocenters. The summed E-state index contributed by atoms with van der Waals surface area (Å²) < 4.78 is 94.6. The summed E-state index contributed by atoms with van der Waals surface area (Å²) in [7, 11) is 0. The summed E-state index contributed by atoms with van der Waals surface area (Å²) >= 11 is 0. The van der Waals surface area contributed by atoms with Gasteiger partial charge in [-0.25, -0.2) is 4.98 Å². The van der Waals surface area contributed by atoms with Crippen molar-refractivity contribution in [2.75, 3.05) is 13.2 Å². The molecule has 0 unspecified atom stereocenters. The van der Waals surface area contributed by atoms with Crippen LogP contribution in [0.3, 0.4) is 0 Å². The first-order valence-corrected chi connectivity index (χ1v) is 10.6. The SMILES string of the molecule is O=C(COc1ccc(C(F)(F)F)nc1)N[C@@H]1CC[C@@H](c2nnc([C@H]3C[C@@H](OC(F)(F)F)C3)o2)OC1. The molecule has 1 aliphatic heterocycles. The molecular weight excluding hydrogens is 490 g/mol. The minimum Gasteiger partial charge on any atom is -0.482 e. The van der Waals surface area contributed by atoms with Gasteiger partial charge in [-0.15, -0.1) is 23.4 Å². The van der Waals surface area contributed by atoms with E-state index in [1.54, 1.807) is 0 Å². The fourth-order valence-electron chi connectivity index (χ4n) is 3.71. The van der Waals surface area contributed by atoms with Gasteiger partial charge in [-0.2, -0.15) is 13.2 Å². The van der Waals surface area contributed by atoms with Crippen molar-refractivity contribution in [3.8, 4) is 5.75 Å². The minimum absolute atomic E-state index is 0.0167. The fourth-order valence-corrected chi connectivity index (χ4v) is 3.71. The summed E-state index contributed by atoms with van der Waals surface area (Å²) in [5, 5.41) is 10.5. The third-order valence-electron chi connectivity index (χ3n) is 5.51. The van der Waals surface area contributed by atoms with Crippen molar-refractivity contribution in [2.24, 2.45) is 0 Å². The van der Waals surface area contributed by atoms with Gasteiger partial charge in [0.05, 0.1) is 24.9 Å². The lowest BCUT2D eigenvalue weighted by Gasteiger charge is -2.33. The Balaban J connectivity index is 1.17. The second-order valence-corrected chi connectivity index (χ2v) is 8.16. The average molecular weight is 510 g/mol. The van der Waals surface area contributed by atoms with E-state index in [9.17, 15) is 31.1 Å². The Morgan fingerprint density at radius 2 is 1.83 bits per heavy atom. The Hall–Kier alpha value is -2.94. The molecule has 0 radical (unpaired) electrons. The Labute approximate surface area is 194 Å². The Morgan fingerprint density at radius 1 is 1.09 bits per heavy atom. The molecule has 2 fully saturated rings. The van der Waals surface area contributed by atoms with Crippen LogP contribution in [-0.4, -0.2) is 52.8 Å². The number of rotatable bonds is 7. The standard InChI is InChI=1S/C20H20F6N4O5/c21-19(22,23)15-4-2-12(7-27-15)32-9-16(31)28-11-1-3-14(33-8-11)18-30-29-17(34-18)10-5-13(6-10)35-20(24,25)26/h2,4,7,10-11,13-14H,1,3,5-6,8-9H2,(H,28,31)/t10-,11-,13+,14+/m1/s1. The number of carbonyl (C=O) groups excluding carboxylic acids is 1. The first-order chi connectivity index (χ1) is 16.5. The molecule has 3 heterocycles. The lowest BCUT2D eigenvalue weighted by Crippen LogP contribution is -2.43. The molecule has 0 spiro atoms. The molecule has 9 nitrogen and oxygen atoms in total. The van der Waals surface area contributed by atoms with Crippen LogP contribution in [0.4, 0.5) is 26.3 Å². The van der Waals surface area contributed by atoms with Crippen LogP contribution in [0.25, 0.3) is 0 Å². The van der Waals surface area contributed by atoms with Gasteiger partial charge >= 0.3 is 12.5 Å². The van der Waals surface area contributed by atoms with Gasteiger partial charge in [-0.3, -0.25) is 9.53 Å². The van der Waals surface area contributed by atoms with E-state index >= 15 is 0 Å². The van der Waals surface area contributed by atoms with Gasteiger partial charge in [-0.1, -0.05) is 0 Å². The third kappa shape index (κ3) is 6.81. The van der Waals surface area contributed by atoms with Crippen LogP contribution in [0.2, 0.25) is 0 Å². The highest BCUT2D eigenvalue weighted by atomic mass is 19.4. The van der Waals surface area contributed by atoms with Crippen molar-refractivity contribution in [3.63, 3.8) is 0 Å². The predicted molar refractivity (Wildman–Crippen MR) is 102 cm³/mol. The second-order valence-electron chi connectivity index (χ2n) is 8.16. The number of halogens is 6. The molecule has 15 heteroatoms. The normalized spacial score (nSPS) is 25.1. The maximum atomic E-state index is 12.5. The van der Waals surface area contributed by atoms with Gasteiger partial charge in [0.1, 0.15) is 17.5 Å². The quantitative estimate of drug-likeness (QED) is 0.562. The molecule has 0 aromatic carbocycles. The molecule has 1 saturated heterocycles. The van der Waals surface area contributed by atoms with Crippen molar-refractivity contribution < 1.29 is 49.8 Å². The van der Waals surface area contributed by atoms with Crippen LogP contribution >= 0.6 is 0 Å². The molecule has 1 aliphatic carbocycles. The van der Waals surface area contributed by atoms with Gasteiger partial charge in [-0.05, 0) is 37.8 Å². The number of carbonyl (C=O) groups is 1. The van der Waals surface area contributed by atoms with Crippen LogP contribution in [0.5, 0.6) is 5.75 Å². The maximum absolute atomic E-state index is 12.5. The summed E-state index contributed by atoms with van der Waals surface area (Å²) in [6.07, 6.45) is -8.58. The second kappa shape index (κ2) is 9.97. The van der Waals surface area contributed by atoms with Crippen LogP contribution in [0.15, 0.2) is 22.7 Å². The van der Waals surface area contributed by atoms with Crippen LogP contribution in [-0.2, 0) is 20.4 Å². The van der Waals surface area contributed by atoms with Crippen LogP contribution in [0.1, 0.15) is 55.2 Å². The van der Waals surface area contributed by atoms with Crippen molar-refractivity contribution in [3.05, 3.63) is 35.8 Å². The fraction of sp³-hybridized carbons (Fsp3) is 0.600. The number of alkyl halides is 6. The lowest BCUT2D eigenvalue weighted by atomic mass is 9.82. The Kier molecular flexibility index (Phi) is 7.17. The molecule has 2 aliphatic rings. The van der Waals surface area contributed by atoms with Crippen LogP contribution < -0.4 is 10.1 Å². The Bertz CT molecular complexity index is 999. The molecule has 2 aromatic heterocycles. The number of hydrogen-bond donors (Lipinski definition) is 1. The summed E-state index contributed by atoms with van der Waals surface area (Å²) in [6, 6.07) is 1.50. The molecular formula is C20H20F6N4O5. The summed E-state index contributed by atoms with van der Waals surface area (Å²) in [5.74, 6) is -0.334. The van der Waals surface area contributed by atoms with E-state index < -0.39 is 43.0 Å². The third-order valence-corrected chi connectivity index (χ3v) is 5.51. The smallest absolute Gasteiger partial charge is 0.482 e. The highest BCUT2D eigenvalue weighted by molar-refractivity contribution is 5.77. The number of amides is 1. The topological polar surface area (TPSA) is 109 Å². The van der Waals surface area contributed by atoms with Gasteiger partial charge in [0.25, 0.3) is 5.91 Å². The number of ether oxygens (including phenoxy) is 3. The number of aromatic nitrogens is 3. The molecule has 35 heavy (non-hydrogen) atoms. The van der Waals surface area contributed by atoms with Gasteiger partial charge < -0.3 is 19.2 Å². The first kappa shape index (κ1) is 25.2. The van der Waals surface area contributed by atoms with E-state index in [-0.39, 0.29) is 48.9 Å². The van der Waals surface area contributed by atoms with Crippen molar-refractivity contribution >= 4 is 5.91 Å². The van der Waals surface area contributed by atoms with E-state index in [0.29, 0.717) is 12.8 Å². The molecule has 1 amide bonds. The predicted octanol–water partition coefficient (Wildman–Crippen LogP) is 3.68. The molecule has 4 rings (SSSR count). The van der Waals surface area contributed by atoms with E-state index in [2.05, 4.69) is 25.2 Å². The van der Waals surface area contributed by atoms with Crippen LogP contribution in [0, 0.1) is 0 Å². The van der Waals surface area contributed by atoms with Crippen molar-refractivity contribution in [2.45, 2.75) is 62.4 Å². The highest BCUT2D eigenvalue weighted by Crippen LogP contribution is 2.41. The number of pyridine rings is 1. The molecule has 192 valence electrons. The van der Waals surface area contributed by atoms with E-state index in [4.69, 9.17) is 13.9 Å². The summed E-state index contributed by atoms with van der Waals surface area (Å²) in [5.41, 5.74) is -1.07. The first-order valence-electron chi connectivity index (χ1n) is 10.6. The Morgan fingerprint density at radius 3 is 2.43 bits per heavy atom. The molecule has 0 bridgehead atoms. The highest BCUT2D eigenvalue weighted by Gasteiger charge is 2.43.